The Labute approximate surface area is 242 Å². The van der Waals surface area contributed by atoms with Crippen LogP contribution in [0.15, 0.2) is 63.9 Å². The minimum absolute atomic E-state index is 0.0169. The van der Waals surface area contributed by atoms with Crippen molar-refractivity contribution in [1.29, 1.82) is 0 Å². The number of halogens is 2. The number of ether oxygens (including phenoxy) is 3. The molecule has 0 radical (unpaired) electrons. The number of methoxy groups -OCH3 is 2. The SMILES string of the molecule is COC(=O)c1cccc(-n2nc(C(Nc3ccc(-c4noc(C)n4)cc3)c3cc(OC)cc(OCCF)c3F)[nH]c2=O)n1. The van der Waals surface area contributed by atoms with Crippen LogP contribution in [0.3, 0.4) is 0 Å². The maximum Gasteiger partial charge on any atom is 0.356 e. The third kappa shape index (κ3) is 6.19. The van der Waals surface area contributed by atoms with Gasteiger partial charge >= 0.3 is 11.7 Å². The Morgan fingerprint density at radius 3 is 2.60 bits per heavy atom. The fourth-order valence-electron chi connectivity index (χ4n) is 4.15. The summed E-state index contributed by atoms with van der Waals surface area (Å²) in [5.74, 6) is -0.772. The van der Waals surface area contributed by atoms with E-state index in [2.05, 4.69) is 30.5 Å². The Hall–Kier alpha value is -5.60. The number of carbonyl (C=O) groups is 1. The van der Waals surface area contributed by atoms with Crippen LogP contribution in [0.2, 0.25) is 0 Å². The Bertz CT molecular complexity index is 1800. The van der Waals surface area contributed by atoms with Crippen LogP contribution in [-0.2, 0) is 4.74 Å². The van der Waals surface area contributed by atoms with Gasteiger partial charge in [0, 0.05) is 29.8 Å². The predicted molar refractivity (Wildman–Crippen MR) is 148 cm³/mol. The summed E-state index contributed by atoms with van der Waals surface area (Å²) in [7, 11) is 2.59. The van der Waals surface area contributed by atoms with Crippen molar-refractivity contribution in [2.24, 2.45) is 0 Å². The molecule has 0 bridgehead atoms. The van der Waals surface area contributed by atoms with E-state index in [1.54, 1.807) is 31.2 Å². The van der Waals surface area contributed by atoms with Gasteiger partial charge in [0.25, 0.3) is 0 Å². The molecular formula is C28H25F2N7O6. The third-order valence-electron chi connectivity index (χ3n) is 6.16. The average molecular weight is 594 g/mol. The number of nitrogens with one attached hydrogen (secondary N) is 2. The molecule has 2 N–H and O–H groups in total. The topological polar surface area (TPSA) is 159 Å². The number of hydrogen-bond acceptors (Lipinski definition) is 11. The van der Waals surface area contributed by atoms with Gasteiger partial charge in [-0.05, 0) is 42.5 Å². The van der Waals surface area contributed by atoms with Crippen LogP contribution < -0.4 is 20.5 Å². The van der Waals surface area contributed by atoms with E-state index in [9.17, 15) is 14.0 Å². The van der Waals surface area contributed by atoms with Crippen molar-refractivity contribution in [3.63, 3.8) is 0 Å². The molecule has 0 saturated carbocycles. The molecular weight excluding hydrogens is 568 g/mol. The lowest BCUT2D eigenvalue weighted by atomic mass is 10.0. The van der Waals surface area contributed by atoms with E-state index in [1.165, 1.54) is 44.6 Å². The lowest BCUT2D eigenvalue weighted by Crippen LogP contribution is -2.18. The van der Waals surface area contributed by atoms with Gasteiger partial charge in [-0.15, -0.1) is 5.10 Å². The number of alkyl halides is 1. The molecule has 1 unspecified atom stereocenters. The van der Waals surface area contributed by atoms with Crippen molar-refractivity contribution in [1.82, 2.24) is 29.9 Å². The number of pyridine rings is 1. The van der Waals surface area contributed by atoms with Gasteiger partial charge in [-0.1, -0.05) is 11.2 Å². The highest BCUT2D eigenvalue weighted by Gasteiger charge is 2.27. The van der Waals surface area contributed by atoms with Crippen LogP contribution in [0.25, 0.3) is 17.2 Å². The lowest BCUT2D eigenvalue weighted by Gasteiger charge is -2.21. The highest BCUT2D eigenvalue weighted by Crippen LogP contribution is 2.35. The van der Waals surface area contributed by atoms with Crippen LogP contribution in [0.4, 0.5) is 14.5 Å². The minimum Gasteiger partial charge on any atom is -0.497 e. The molecule has 5 rings (SSSR count). The number of rotatable bonds is 11. The highest BCUT2D eigenvalue weighted by atomic mass is 19.1. The highest BCUT2D eigenvalue weighted by molar-refractivity contribution is 5.87. The van der Waals surface area contributed by atoms with Gasteiger partial charge in [0.1, 0.15) is 25.1 Å². The van der Waals surface area contributed by atoms with Gasteiger partial charge in [0.2, 0.25) is 11.7 Å². The predicted octanol–water partition coefficient (Wildman–Crippen LogP) is 3.80. The Morgan fingerprint density at radius 1 is 1.14 bits per heavy atom. The number of aromatic nitrogens is 6. The van der Waals surface area contributed by atoms with E-state index in [1.807, 2.05) is 0 Å². The van der Waals surface area contributed by atoms with E-state index in [0.717, 1.165) is 4.68 Å². The molecule has 0 aliphatic carbocycles. The standard InChI is InChI=1S/C28H25F2N7O6/c1-15-31-25(36-43-15)16-7-9-17(10-8-16)32-24(19-13-18(40-2)14-21(23(19)30)42-12-11-29)26-34-28(39)37(35-26)22-6-4-5-20(33-22)27(38)41-3/h4-10,13-14,24,32H,11-12H2,1-3H3,(H,34,35,39). The van der Waals surface area contributed by atoms with Gasteiger partial charge in [0.05, 0.1) is 14.2 Å². The van der Waals surface area contributed by atoms with E-state index in [-0.39, 0.29) is 41.0 Å². The molecule has 0 aliphatic rings. The van der Waals surface area contributed by atoms with Crippen molar-refractivity contribution < 1.29 is 32.3 Å². The number of aromatic amines is 1. The average Bonchev–Trinajstić information content (AvgIpc) is 3.64. The molecule has 15 heteroatoms. The molecule has 1 atom stereocenters. The van der Waals surface area contributed by atoms with Crippen LogP contribution in [0, 0.1) is 12.7 Å². The van der Waals surface area contributed by atoms with E-state index in [0.29, 0.717) is 23.0 Å². The zero-order chi connectivity index (χ0) is 30.5. The Morgan fingerprint density at radius 2 is 1.93 bits per heavy atom. The molecule has 0 amide bonds. The molecule has 0 aliphatic heterocycles. The Kier molecular flexibility index (Phi) is 8.41. The maximum atomic E-state index is 15.9. The van der Waals surface area contributed by atoms with Crippen molar-refractivity contribution in [3.05, 3.63) is 93.9 Å². The smallest absolute Gasteiger partial charge is 0.356 e. The monoisotopic (exact) mass is 593 g/mol. The number of benzene rings is 2. The lowest BCUT2D eigenvalue weighted by molar-refractivity contribution is 0.0594. The van der Waals surface area contributed by atoms with E-state index in [4.69, 9.17) is 18.7 Å². The first-order chi connectivity index (χ1) is 20.8. The zero-order valence-electron chi connectivity index (χ0n) is 23.1. The Balaban J connectivity index is 1.59. The molecule has 3 aromatic heterocycles. The van der Waals surface area contributed by atoms with Crippen molar-refractivity contribution >= 4 is 11.7 Å². The van der Waals surface area contributed by atoms with Gasteiger partial charge < -0.3 is 24.1 Å². The van der Waals surface area contributed by atoms with E-state index >= 15 is 4.39 Å². The quantitative estimate of drug-likeness (QED) is 0.215. The van der Waals surface area contributed by atoms with Gasteiger partial charge in [-0.25, -0.2) is 23.4 Å². The summed E-state index contributed by atoms with van der Waals surface area (Å²) in [6, 6.07) is 12.8. The van der Waals surface area contributed by atoms with Gasteiger partial charge in [-0.3, -0.25) is 4.98 Å². The molecule has 0 saturated heterocycles. The first-order valence-electron chi connectivity index (χ1n) is 12.8. The summed E-state index contributed by atoms with van der Waals surface area (Å²) in [6.45, 7) is 0.452. The van der Waals surface area contributed by atoms with Crippen LogP contribution >= 0.6 is 0 Å². The molecule has 2 aromatic carbocycles. The largest absolute Gasteiger partial charge is 0.497 e. The molecule has 222 valence electrons. The zero-order valence-corrected chi connectivity index (χ0v) is 23.1. The maximum absolute atomic E-state index is 15.9. The second-order valence-electron chi connectivity index (χ2n) is 8.96. The van der Waals surface area contributed by atoms with Crippen molar-refractivity contribution in [2.45, 2.75) is 13.0 Å². The fraction of sp³-hybridized carbons (Fsp3) is 0.214. The number of esters is 1. The number of anilines is 1. The first kappa shape index (κ1) is 28.9. The van der Waals surface area contributed by atoms with Gasteiger partial charge in [-0.2, -0.15) is 9.67 Å². The summed E-state index contributed by atoms with van der Waals surface area (Å²) in [6.07, 6.45) is 0. The molecule has 3 heterocycles. The van der Waals surface area contributed by atoms with Crippen molar-refractivity contribution in [2.75, 3.05) is 32.8 Å². The summed E-state index contributed by atoms with van der Waals surface area (Å²) in [5, 5.41) is 11.4. The second kappa shape index (κ2) is 12.5. The first-order valence-corrected chi connectivity index (χ1v) is 12.8. The number of hydrogen-bond donors (Lipinski definition) is 2. The summed E-state index contributed by atoms with van der Waals surface area (Å²) in [5.41, 5.74) is 0.391. The fourth-order valence-corrected chi connectivity index (χ4v) is 4.15. The minimum atomic E-state index is -1.13. The number of carbonyl (C=O) groups excluding carboxylic acids is 1. The number of nitrogens with zero attached hydrogens (tertiary/aromatic N) is 5. The number of aryl methyl sites for hydroxylation is 1. The third-order valence-corrected chi connectivity index (χ3v) is 6.16. The summed E-state index contributed by atoms with van der Waals surface area (Å²) < 4.78 is 50.1. The normalized spacial score (nSPS) is 11.7. The van der Waals surface area contributed by atoms with Crippen LogP contribution in [-0.4, -0.2) is 63.4 Å². The number of H-pyrrole nitrogens is 1. The summed E-state index contributed by atoms with van der Waals surface area (Å²) in [4.78, 5) is 36.0. The van der Waals surface area contributed by atoms with E-state index < -0.39 is 30.2 Å². The van der Waals surface area contributed by atoms with Crippen LogP contribution in [0.1, 0.15) is 33.8 Å². The second-order valence-corrected chi connectivity index (χ2v) is 8.96. The van der Waals surface area contributed by atoms with Gasteiger partial charge in [0.15, 0.2) is 28.9 Å². The molecule has 5 aromatic rings. The molecule has 13 nitrogen and oxygen atoms in total. The molecule has 0 fully saturated rings. The molecule has 0 spiro atoms. The van der Waals surface area contributed by atoms with Crippen LogP contribution in [0.5, 0.6) is 11.5 Å². The molecule has 43 heavy (non-hydrogen) atoms. The van der Waals surface area contributed by atoms with Crippen molar-refractivity contribution in [3.8, 4) is 28.7 Å². The summed E-state index contributed by atoms with van der Waals surface area (Å²) >= 11 is 0.